The summed E-state index contributed by atoms with van der Waals surface area (Å²) in [6.07, 6.45) is 6.72. The van der Waals surface area contributed by atoms with Crippen LogP contribution in [-0.2, 0) is 22.5 Å². The number of aliphatic carboxylic acids is 1. The molecule has 2 rings (SSSR count). The van der Waals surface area contributed by atoms with E-state index in [1.807, 2.05) is 10.9 Å². The summed E-state index contributed by atoms with van der Waals surface area (Å²) in [5, 5.41) is 12.9. The van der Waals surface area contributed by atoms with Crippen molar-refractivity contribution < 1.29 is 14.6 Å². The molecule has 1 aromatic heterocycles. The van der Waals surface area contributed by atoms with E-state index in [9.17, 15) is 4.79 Å². The second-order valence-corrected chi connectivity index (χ2v) is 4.55. The molecule has 0 aliphatic carbocycles. The second-order valence-electron chi connectivity index (χ2n) is 4.55. The second kappa shape index (κ2) is 5.82. The number of carboxylic acids is 1. The number of rotatable bonds is 5. The summed E-state index contributed by atoms with van der Waals surface area (Å²) in [5.74, 6) is -0.227. The van der Waals surface area contributed by atoms with E-state index in [4.69, 9.17) is 9.84 Å². The third-order valence-corrected chi connectivity index (χ3v) is 3.01. The first kappa shape index (κ1) is 12.1. The van der Waals surface area contributed by atoms with Crippen molar-refractivity contribution >= 4 is 5.97 Å². The molecule has 17 heavy (non-hydrogen) atoms. The smallest absolute Gasteiger partial charge is 0.303 e. The number of aryl methyl sites for hydroxylation is 1. The van der Waals surface area contributed by atoms with Crippen LogP contribution in [0.1, 0.15) is 24.8 Å². The molecule has 1 aliphatic rings. The Bertz CT molecular complexity index is 370. The lowest BCUT2D eigenvalue weighted by molar-refractivity contribution is -0.136. The third kappa shape index (κ3) is 3.85. The van der Waals surface area contributed by atoms with E-state index in [2.05, 4.69) is 5.10 Å². The maximum Gasteiger partial charge on any atom is 0.303 e. The topological polar surface area (TPSA) is 64.3 Å². The average molecular weight is 238 g/mol. The van der Waals surface area contributed by atoms with Crippen molar-refractivity contribution in [1.29, 1.82) is 0 Å². The van der Waals surface area contributed by atoms with E-state index < -0.39 is 5.97 Å². The quantitative estimate of drug-likeness (QED) is 0.840. The van der Waals surface area contributed by atoms with Gasteiger partial charge in [-0.1, -0.05) is 0 Å². The maximum atomic E-state index is 10.5. The predicted molar refractivity (Wildman–Crippen MR) is 61.7 cm³/mol. The molecule has 2 heterocycles. The molecule has 1 fully saturated rings. The largest absolute Gasteiger partial charge is 0.481 e. The summed E-state index contributed by atoms with van der Waals surface area (Å²) >= 11 is 0. The summed E-state index contributed by atoms with van der Waals surface area (Å²) in [7, 11) is 0. The Labute approximate surface area is 100 Å². The molecule has 5 heteroatoms. The fourth-order valence-corrected chi connectivity index (χ4v) is 2.10. The maximum absolute atomic E-state index is 10.5. The zero-order chi connectivity index (χ0) is 12.1. The van der Waals surface area contributed by atoms with Crippen molar-refractivity contribution in [2.75, 3.05) is 13.2 Å². The van der Waals surface area contributed by atoms with E-state index in [-0.39, 0.29) is 6.42 Å². The minimum Gasteiger partial charge on any atom is -0.481 e. The van der Waals surface area contributed by atoms with Gasteiger partial charge in [0.1, 0.15) is 0 Å². The normalized spacial score (nSPS) is 20.4. The van der Waals surface area contributed by atoms with E-state index in [1.54, 1.807) is 6.20 Å². The molecule has 5 nitrogen and oxygen atoms in total. The number of hydrogen-bond acceptors (Lipinski definition) is 3. The van der Waals surface area contributed by atoms with Gasteiger partial charge in [0.25, 0.3) is 0 Å². The van der Waals surface area contributed by atoms with E-state index >= 15 is 0 Å². The molecule has 1 N–H and O–H groups in total. The van der Waals surface area contributed by atoms with Gasteiger partial charge in [-0.15, -0.1) is 0 Å². The van der Waals surface area contributed by atoms with Gasteiger partial charge in [0, 0.05) is 31.7 Å². The van der Waals surface area contributed by atoms with Crippen LogP contribution in [0.15, 0.2) is 12.4 Å². The van der Waals surface area contributed by atoms with Crippen molar-refractivity contribution in [3.05, 3.63) is 18.0 Å². The number of nitrogens with zero attached hydrogens (tertiary/aromatic N) is 2. The van der Waals surface area contributed by atoms with Gasteiger partial charge in [-0.2, -0.15) is 5.10 Å². The highest BCUT2D eigenvalue weighted by molar-refractivity contribution is 5.67. The van der Waals surface area contributed by atoms with Gasteiger partial charge in [-0.05, 0) is 24.8 Å². The molecule has 1 aromatic rings. The summed E-state index contributed by atoms with van der Waals surface area (Å²) < 4.78 is 7.32. The van der Waals surface area contributed by atoms with Crippen molar-refractivity contribution in [2.45, 2.75) is 32.2 Å². The van der Waals surface area contributed by atoms with Crippen molar-refractivity contribution in [2.24, 2.45) is 5.92 Å². The van der Waals surface area contributed by atoms with Crippen LogP contribution in [0.25, 0.3) is 0 Å². The molecule has 1 saturated heterocycles. The molecular weight excluding hydrogens is 220 g/mol. The summed E-state index contributed by atoms with van der Waals surface area (Å²) in [4.78, 5) is 10.5. The van der Waals surface area contributed by atoms with Crippen LogP contribution >= 0.6 is 0 Å². The first-order chi connectivity index (χ1) is 8.24. The van der Waals surface area contributed by atoms with Gasteiger partial charge < -0.3 is 9.84 Å². The van der Waals surface area contributed by atoms with Crippen LogP contribution < -0.4 is 0 Å². The van der Waals surface area contributed by atoms with Crippen molar-refractivity contribution in [3.63, 3.8) is 0 Å². The summed E-state index contributed by atoms with van der Waals surface area (Å²) in [5.41, 5.74) is 0.990. The highest BCUT2D eigenvalue weighted by Crippen LogP contribution is 2.15. The number of aromatic nitrogens is 2. The van der Waals surface area contributed by atoms with Crippen molar-refractivity contribution in [3.8, 4) is 0 Å². The molecule has 1 aliphatic heterocycles. The van der Waals surface area contributed by atoms with Gasteiger partial charge >= 0.3 is 5.97 Å². The molecule has 0 radical (unpaired) electrons. The van der Waals surface area contributed by atoms with Crippen LogP contribution in [0.3, 0.4) is 0 Å². The fraction of sp³-hybridized carbons (Fsp3) is 0.667. The first-order valence-corrected chi connectivity index (χ1v) is 6.05. The molecule has 0 aromatic carbocycles. The molecule has 0 amide bonds. The number of ether oxygens (including phenoxy) is 1. The zero-order valence-electron chi connectivity index (χ0n) is 9.84. The van der Waals surface area contributed by atoms with Gasteiger partial charge in [-0.25, -0.2) is 0 Å². The molecule has 0 bridgehead atoms. The standard InChI is InChI=1S/C12H18N2O3/c15-12(16)4-3-10-6-13-14(7-10)8-11-2-1-5-17-9-11/h6-7,11H,1-5,8-9H2,(H,15,16). The number of hydrogen-bond donors (Lipinski definition) is 1. The minimum absolute atomic E-state index is 0.165. The van der Waals surface area contributed by atoms with Gasteiger partial charge in [-0.3, -0.25) is 9.48 Å². The van der Waals surface area contributed by atoms with Gasteiger partial charge in [0.2, 0.25) is 0 Å². The SMILES string of the molecule is O=C(O)CCc1cnn(CC2CCCOC2)c1. The highest BCUT2D eigenvalue weighted by Gasteiger charge is 2.14. The molecule has 94 valence electrons. The first-order valence-electron chi connectivity index (χ1n) is 6.05. The number of carbonyl (C=O) groups is 1. The Kier molecular flexibility index (Phi) is 4.14. The Morgan fingerprint density at radius 1 is 1.65 bits per heavy atom. The monoisotopic (exact) mass is 238 g/mol. The molecule has 0 spiro atoms. The lowest BCUT2D eigenvalue weighted by Crippen LogP contribution is -2.22. The zero-order valence-corrected chi connectivity index (χ0v) is 9.84. The van der Waals surface area contributed by atoms with E-state index in [0.717, 1.165) is 31.7 Å². The number of carboxylic acid groups (broad SMARTS) is 1. The highest BCUT2D eigenvalue weighted by atomic mass is 16.5. The van der Waals surface area contributed by atoms with Crippen LogP contribution in [0.4, 0.5) is 0 Å². The van der Waals surface area contributed by atoms with E-state index in [0.29, 0.717) is 12.3 Å². The van der Waals surface area contributed by atoms with Crippen molar-refractivity contribution in [1.82, 2.24) is 9.78 Å². The Balaban J connectivity index is 1.82. The molecule has 1 unspecified atom stereocenters. The minimum atomic E-state index is -0.765. The lowest BCUT2D eigenvalue weighted by Gasteiger charge is -2.21. The van der Waals surface area contributed by atoms with Crippen LogP contribution in [0.5, 0.6) is 0 Å². The van der Waals surface area contributed by atoms with Crippen LogP contribution in [-0.4, -0.2) is 34.1 Å². The average Bonchev–Trinajstić information content (AvgIpc) is 2.75. The lowest BCUT2D eigenvalue weighted by atomic mass is 10.0. The Morgan fingerprint density at radius 3 is 3.24 bits per heavy atom. The van der Waals surface area contributed by atoms with Gasteiger partial charge in [0.05, 0.1) is 12.8 Å². The van der Waals surface area contributed by atoms with E-state index in [1.165, 1.54) is 6.42 Å². The molecule has 1 atom stereocenters. The molecule has 0 saturated carbocycles. The Hall–Kier alpha value is -1.36. The molecular formula is C12H18N2O3. The third-order valence-electron chi connectivity index (χ3n) is 3.01. The Morgan fingerprint density at radius 2 is 2.53 bits per heavy atom. The predicted octanol–water partition coefficient (Wildman–Crippen LogP) is 1.33. The fourth-order valence-electron chi connectivity index (χ4n) is 2.10. The summed E-state index contributed by atoms with van der Waals surface area (Å²) in [6.45, 7) is 2.55. The van der Waals surface area contributed by atoms with Gasteiger partial charge in [0.15, 0.2) is 0 Å². The van der Waals surface area contributed by atoms with Crippen LogP contribution in [0.2, 0.25) is 0 Å². The van der Waals surface area contributed by atoms with Crippen LogP contribution in [0, 0.1) is 5.92 Å². The summed E-state index contributed by atoms with van der Waals surface area (Å²) in [6, 6.07) is 0.